The van der Waals surface area contributed by atoms with Crippen molar-refractivity contribution in [2.45, 2.75) is 290 Å². The highest BCUT2D eigenvalue weighted by molar-refractivity contribution is 5.88. The van der Waals surface area contributed by atoms with Crippen molar-refractivity contribution in [1.82, 2.24) is 0 Å². The van der Waals surface area contributed by atoms with E-state index in [2.05, 4.69) is 36.0 Å². The lowest BCUT2D eigenvalue weighted by atomic mass is 9.78. The summed E-state index contributed by atoms with van der Waals surface area (Å²) in [7, 11) is 6.79. The van der Waals surface area contributed by atoms with E-state index in [1.165, 1.54) is 99.8 Å². The van der Waals surface area contributed by atoms with Gasteiger partial charge in [-0.1, -0.05) is 66.5 Å². The Labute approximate surface area is 757 Å². The van der Waals surface area contributed by atoms with E-state index in [-0.39, 0.29) is 107 Å². The Morgan fingerprint density at radius 2 is 0.906 bits per heavy atom. The minimum atomic E-state index is -0.717. The number of rotatable bonds is 23. The fourth-order valence-electron chi connectivity index (χ4n) is 19.2. The Bertz CT molecular complexity index is 4170. The summed E-state index contributed by atoms with van der Waals surface area (Å²) < 4.78 is 65.6. The fourth-order valence-corrected chi connectivity index (χ4v) is 19.2. The standard InChI is InChI=1S/C19H26O8.C18H24O8.C14H16O4.C9H10N2.C9H13N.C8H11N.3C7H14O2/c1-5-19(2,3)18(23)25-7-6-11(20)26-14-9-8-10-13(12(9)16(21)24-4)17(22)27-15(10)14;1-5-18(2,3)17(22)24-7-10(19)25-13-8-6-9-12(11(8)15(20)23-4)16(21)26-14(9)13;1-4-14(2,3)13(16)17-10-7-5-6-9-8-11(15)18-12(9)10;1-11-9-7-3-2-6(4-7)8(9)5-10;1-10-6-9-5-7-2-3-8(9)4-7;9-5-8-4-6-1-2-7(8)3-6;3*1-5-7(2,3)6(8)9-4/h9-10,12-15H,5-8H2,1-4H3;8-9,11-14H,5-7H2,1-4H3;5-7H,4,8H2,1-3H3;6-9H,2-4H2;7-9H,2-6H2;6-8H,1-4H2;3*5H2,1-4H3. The summed E-state index contributed by atoms with van der Waals surface area (Å²) in [6.45, 7) is 47.4. The molecule has 12 fully saturated rings. The second kappa shape index (κ2) is 46.7. The number of esters is 13. The van der Waals surface area contributed by atoms with E-state index in [9.17, 15) is 62.3 Å². The quantitative estimate of drug-likeness (QED) is 0.0425. The smallest absolute Gasteiger partial charge is 0.344 e. The molecule has 13 aliphatic rings. The van der Waals surface area contributed by atoms with E-state index in [0.717, 1.165) is 67.4 Å². The third-order valence-electron chi connectivity index (χ3n) is 29.7. The molecule has 2 saturated heterocycles. The normalized spacial score (nSPS) is 29.1. The van der Waals surface area contributed by atoms with Gasteiger partial charge in [-0.15, -0.1) is 0 Å². The molecule has 0 radical (unpaired) electrons. The van der Waals surface area contributed by atoms with Crippen molar-refractivity contribution in [1.29, 1.82) is 10.5 Å². The highest BCUT2D eigenvalue weighted by Gasteiger charge is 2.72. The first-order valence-corrected chi connectivity index (χ1v) is 45.7. The molecule has 10 bridgehead atoms. The van der Waals surface area contributed by atoms with Gasteiger partial charge in [-0.2, -0.15) is 10.5 Å². The van der Waals surface area contributed by atoms with Gasteiger partial charge >= 0.3 is 77.6 Å². The largest absolute Gasteiger partial charge is 0.469 e. The van der Waals surface area contributed by atoms with Crippen LogP contribution >= 0.6 is 0 Å². The number of methoxy groups -OCH3 is 5. The molecule has 0 aromatic heterocycles. The fraction of sp³-hybridized carbons (Fsp3) is 0.765. The summed E-state index contributed by atoms with van der Waals surface area (Å²) in [6, 6.07) is 9.90. The number of carbonyl (C=O) groups excluding carboxylic acids is 13. The van der Waals surface area contributed by atoms with Gasteiger partial charge in [-0.05, 0) is 228 Å². The minimum absolute atomic E-state index is 0.0405. The Morgan fingerprint density at radius 3 is 1.28 bits per heavy atom. The number of hydrogen-bond donors (Lipinski definition) is 0. The Hall–Kier alpha value is -9.71. The zero-order chi connectivity index (χ0) is 96.1. The molecule has 10 aliphatic carbocycles. The maximum atomic E-state index is 12.2. The van der Waals surface area contributed by atoms with Crippen LogP contribution in [0.2, 0.25) is 0 Å². The third kappa shape index (κ3) is 26.1. The summed E-state index contributed by atoms with van der Waals surface area (Å²) in [5.74, 6) is -1.35. The molecule has 14 rings (SSSR count). The third-order valence-corrected chi connectivity index (χ3v) is 29.7. The topological polar surface area (TPSA) is 398 Å². The van der Waals surface area contributed by atoms with Gasteiger partial charge in [-0.3, -0.25) is 57.5 Å². The number of hydrogen-bond acceptors (Lipinski definition) is 28. The van der Waals surface area contributed by atoms with Gasteiger partial charge in [0.2, 0.25) is 12.6 Å². The molecule has 22 atom stereocenters. The van der Waals surface area contributed by atoms with Crippen LogP contribution in [0.3, 0.4) is 0 Å². The van der Waals surface area contributed by atoms with Crippen molar-refractivity contribution in [3.05, 3.63) is 46.6 Å². The molecule has 30 nitrogen and oxygen atoms in total. The highest BCUT2D eigenvalue weighted by Crippen LogP contribution is 2.61. The van der Waals surface area contributed by atoms with Gasteiger partial charge < -0.3 is 71.3 Å². The first-order chi connectivity index (χ1) is 60.1. The van der Waals surface area contributed by atoms with Crippen molar-refractivity contribution < 1.29 is 124 Å². The number of benzene rings is 1. The van der Waals surface area contributed by atoms with Gasteiger partial charge in [0.1, 0.15) is 36.9 Å². The maximum Gasteiger partial charge on any atom is 0.344 e. The molecule has 0 N–H and O–H groups in total. The second-order valence-electron chi connectivity index (χ2n) is 39.9. The molecule has 128 heavy (non-hydrogen) atoms. The Kier molecular flexibility index (Phi) is 39.1. The van der Waals surface area contributed by atoms with E-state index >= 15 is 0 Å². The van der Waals surface area contributed by atoms with Crippen LogP contribution in [-0.2, 0) is 121 Å². The number of nitrogens with zero attached hydrogens (tertiary/aromatic N) is 4. The first kappa shape index (κ1) is 107. The van der Waals surface area contributed by atoms with Gasteiger partial charge in [0.05, 0.1) is 117 Å². The Morgan fingerprint density at radius 1 is 0.477 bits per heavy atom. The van der Waals surface area contributed by atoms with Crippen molar-refractivity contribution in [2.24, 2.45) is 133 Å². The van der Waals surface area contributed by atoms with Crippen LogP contribution in [-0.4, -0.2) is 163 Å². The lowest BCUT2D eigenvalue weighted by Gasteiger charge is -2.30. The predicted octanol–water partition coefficient (Wildman–Crippen LogP) is 15.5. The zero-order valence-corrected chi connectivity index (χ0v) is 79.8. The molecule has 0 amide bonds. The van der Waals surface area contributed by atoms with E-state index in [1.54, 1.807) is 45.9 Å². The van der Waals surface area contributed by atoms with Crippen LogP contribution in [0.1, 0.15) is 259 Å². The van der Waals surface area contributed by atoms with Gasteiger partial charge in [-0.25, -0.2) is 17.9 Å². The maximum absolute atomic E-state index is 12.2. The Balaban J connectivity index is 0.000000231. The van der Waals surface area contributed by atoms with Crippen LogP contribution in [0.25, 0.3) is 9.69 Å². The summed E-state index contributed by atoms with van der Waals surface area (Å²) >= 11 is 0. The average Bonchev–Trinajstić information content (AvgIpc) is 1.55. The van der Waals surface area contributed by atoms with Gasteiger partial charge in [0, 0.05) is 47.0 Å². The number of para-hydroxylation sites is 1. The van der Waals surface area contributed by atoms with Gasteiger partial charge in [0.25, 0.3) is 0 Å². The van der Waals surface area contributed by atoms with Crippen molar-refractivity contribution in [3.63, 3.8) is 0 Å². The van der Waals surface area contributed by atoms with Crippen LogP contribution < -0.4 is 9.47 Å². The molecule has 1 aromatic carbocycles. The zero-order valence-electron chi connectivity index (χ0n) is 79.8. The van der Waals surface area contributed by atoms with Crippen LogP contribution in [0.15, 0.2) is 18.2 Å². The molecule has 10 saturated carbocycles. The molecular weight excluding hydrogens is 1650 g/mol. The number of nitriles is 2. The second-order valence-corrected chi connectivity index (χ2v) is 39.9. The summed E-state index contributed by atoms with van der Waals surface area (Å²) in [5.41, 5.74) is -2.00. The molecule has 0 spiro atoms. The van der Waals surface area contributed by atoms with Crippen LogP contribution in [0.5, 0.6) is 11.5 Å². The predicted molar refractivity (Wildman–Crippen MR) is 464 cm³/mol. The number of fused-ring (bicyclic) bond motifs is 9. The SMILES string of the molecule is CCC(C)(C)C(=O)OC.CCC(C)(C)C(=O)OC.CCC(C)(C)C(=O)OC.CCC(C)(C)C(=O)OCC(=O)OC1C2CC3C1OC(=O)C3C2C(=O)OC.CCC(C)(C)C(=O)OCCC(=O)OC1C2CC3C1OC(=O)C3C2C(=O)OC.CCC(C)(C)C(=O)Oc1cccc2c1OC(=O)C2.N#CC1CC2CCC1C2.[C-]#[N+]C1C2CCC(C2)C1C#N.[C-]#[N+]CC1CC2CCC1C2. The van der Waals surface area contributed by atoms with Crippen molar-refractivity contribution in [3.8, 4) is 23.6 Å². The van der Waals surface area contributed by atoms with E-state index in [1.807, 2.05) is 96.9 Å². The lowest BCUT2D eigenvalue weighted by molar-refractivity contribution is -0.174. The molecule has 30 heteroatoms. The monoisotopic (exact) mass is 1790 g/mol. The van der Waals surface area contributed by atoms with Crippen molar-refractivity contribution >= 4 is 77.6 Å². The van der Waals surface area contributed by atoms with E-state index in [0.29, 0.717) is 61.4 Å². The molecular formula is C98H142N4O26. The summed E-state index contributed by atoms with van der Waals surface area (Å²) in [5, 5.41) is 17.4. The summed E-state index contributed by atoms with van der Waals surface area (Å²) in [6.07, 6.45) is 17.8. The van der Waals surface area contributed by atoms with Crippen LogP contribution in [0.4, 0.5) is 0 Å². The summed E-state index contributed by atoms with van der Waals surface area (Å²) in [4.78, 5) is 159. The van der Waals surface area contributed by atoms with Crippen molar-refractivity contribution in [2.75, 3.05) is 55.3 Å². The van der Waals surface area contributed by atoms with E-state index < -0.39 is 113 Å². The molecule has 3 heterocycles. The molecule has 22 unspecified atom stereocenters. The lowest BCUT2D eigenvalue weighted by Crippen LogP contribution is -2.44. The molecule has 1 aromatic rings. The van der Waals surface area contributed by atoms with Gasteiger partial charge in [0.15, 0.2) is 18.1 Å². The number of ether oxygens (including phenoxy) is 13. The highest BCUT2D eigenvalue weighted by atomic mass is 16.6. The van der Waals surface area contributed by atoms with Crippen LogP contribution in [0, 0.1) is 169 Å². The molecule has 710 valence electrons. The number of carbonyl (C=O) groups is 13. The first-order valence-electron chi connectivity index (χ1n) is 45.7. The van der Waals surface area contributed by atoms with E-state index in [4.69, 9.17) is 71.0 Å². The minimum Gasteiger partial charge on any atom is -0.469 e. The average molecular weight is 1790 g/mol. The molecule has 3 aliphatic heterocycles.